The molecule has 0 aromatic carbocycles. The number of hydrogen-bond acceptors (Lipinski definition) is 4. The average molecular weight is 290 g/mol. The molecule has 0 spiro atoms. The first-order valence-electron chi connectivity index (χ1n) is 7.03. The number of rotatable bonds is 7. The molecule has 5 nitrogen and oxygen atoms in total. The van der Waals surface area contributed by atoms with Crippen LogP contribution in [0, 0.1) is 11.8 Å². The van der Waals surface area contributed by atoms with Gasteiger partial charge in [0.1, 0.15) is 0 Å². The van der Waals surface area contributed by atoms with Crippen molar-refractivity contribution in [1.82, 2.24) is 5.32 Å². The van der Waals surface area contributed by atoms with E-state index >= 15 is 0 Å². The Morgan fingerprint density at radius 2 is 2.11 bits per heavy atom. The third-order valence-corrected chi connectivity index (χ3v) is 5.88. The van der Waals surface area contributed by atoms with Crippen LogP contribution in [0.3, 0.4) is 0 Å². The summed E-state index contributed by atoms with van der Waals surface area (Å²) >= 11 is 0. The minimum atomic E-state index is -2.98. The maximum absolute atomic E-state index is 11.8. The second-order valence-corrected chi connectivity index (χ2v) is 8.27. The van der Waals surface area contributed by atoms with Gasteiger partial charge in [0, 0.05) is 13.0 Å². The van der Waals surface area contributed by atoms with E-state index in [0.29, 0.717) is 31.7 Å². The van der Waals surface area contributed by atoms with Crippen LogP contribution in [0.2, 0.25) is 0 Å². The van der Waals surface area contributed by atoms with Gasteiger partial charge in [-0.3, -0.25) is 4.79 Å². The van der Waals surface area contributed by atoms with Crippen LogP contribution < -0.4 is 11.1 Å². The van der Waals surface area contributed by atoms with Gasteiger partial charge < -0.3 is 11.1 Å². The average Bonchev–Trinajstić information content (AvgIpc) is 2.64. The molecule has 3 N–H and O–H groups in total. The molecular formula is C13H26N2O3S. The molecule has 19 heavy (non-hydrogen) atoms. The largest absolute Gasteiger partial charge is 0.355 e. The molecule has 1 amide bonds. The highest BCUT2D eigenvalue weighted by atomic mass is 32.2. The standard InChI is InChI=1S/C13H26N2O3S/c1-10(2)6-11(8-14)7-13(16)15-9-12-4-3-5-19(12,17)18/h10-12H,3-9,14H2,1-2H3,(H,15,16)/t11-,12?/m0/s1. The van der Waals surface area contributed by atoms with Crippen LogP contribution in [0.1, 0.15) is 39.5 Å². The summed E-state index contributed by atoms with van der Waals surface area (Å²) in [4.78, 5) is 11.8. The van der Waals surface area contributed by atoms with E-state index in [0.717, 1.165) is 6.42 Å². The molecule has 1 rings (SSSR count). The van der Waals surface area contributed by atoms with Crippen molar-refractivity contribution < 1.29 is 13.2 Å². The lowest BCUT2D eigenvalue weighted by Crippen LogP contribution is -2.36. The van der Waals surface area contributed by atoms with E-state index in [-0.39, 0.29) is 24.1 Å². The van der Waals surface area contributed by atoms with Crippen molar-refractivity contribution in [2.24, 2.45) is 17.6 Å². The van der Waals surface area contributed by atoms with E-state index in [2.05, 4.69) is 19.2 Å². The van der Waals surface area contributed by atoms with Gasteiger partial charge in [-0.2, -0.15) is 0 Å². The zero-order chi connectivity index (χ0) is 14.5. The van der Waals surface area contributed by atoms with Crippen molar-refractivity contribution in [2.75, 3.05) is 18.8 Å². The third kappa shape index (κ3) is 5.48. The zero-order valence-corrected chi connectivity index (χ0v) is 12.7. The van der Waals surface area contributed by atoms with Gasteiger partial charge in [-0.1, -0.05) is 13.8 Å². The first-order valence-corrected chi connectivity index (χ1v) is 8.75. The van der Waals surface area contributed by atoms with E-state index in [4.69, 9.17) is 5.73 Å². The Labute approximate surface area is 116 Å². The summed E-state index contributed by atoms with van der Waals surface area (Å²) in [6.45, 7) is 4.95. The Kier molecular flexibility index (Phi) is 6.26. The molecule has 1 unspecified atom stereocenters. The van der Waals surface area contributed by atoms with Gasteiger partial charge in [-0.25, -0.2) is 8.42 Å². The van der Waals surface area contributed by atoms with E-state index in [1.807, 2.05) is 0 Å². The number of nitrogens with one attached hydrogen (secondary N) is 1. The van der Waals surface area contributed by atoms with Crippen LogP contribution in [0.15, 0.2) is 0 Å². The zero-order valence-electron chi connectivity index (χ0n) is 11.9. The van der Waals surface area contributed by atoms with Gasteiger partial charge in [-0.05, 0) is 37.6 Å². The number of carbonyl (C=O) groups excluding carboxylic acids is 1. The van der Waals surface area contributed by atoms with Crippen LogP contribution in [0.25, 0.3) is 0 Å². The number of amides is 1. The lowest BCUT2D eigenvalue weighted by Gasteiger charge is -2.17. The summed E-state index contributed by atoms with van der Waals surface area (Å²) in [7, 11) is -2.98. The molecule has 6 heteroatoms. The number of carbonyl (C=O) groups is 1. The number of nitrogens with two attached hydrogens (primary N) is 1. The van der Waals surface area contributed by atoms with Gasteiger partial charge in [0.25, 0.3) is 0 Å². The fraction of sp³-hybridized carbons (Fsp3) is 0.923. The molecule has 0 saturated carbocycles. The van der Waals surface area contributed by atoms with Crippen molar-refractivity contribution in [3.8, 4) is 0 Å². The summed E-state index contributed by atoms with van der Waals surface area (Å²) in [5, 5.41) is 2.35. The molecule has 0 radical (unpaired) electrons. The summed E-state index contributed by atoms with van der Waals surface area (Å²) in [5.41, 5.74) is 5.65. The first kappa shape index (κ1) is 16.4. The van der Waals surface area contributed by atoms with Gasteiger partial charge in [0.05, 0.1) is 11.0 Å². The Balaban J connectivity index is 2.35. The lowest BCUT2D eigenvalue weighted by molar-refractivity contribution is -0.122. The smallest absolute Gasteiger partial charge is 0.220 e. The highest BCUT2D eigenvalue weighted by Crippen LogP contribution is 2.19. The minimum absolute atomic E-state index is 0.0850. The van der Waals surface area contributed by atoms with E-state index in [1.165, 1.54) is 0 Å². The van der Waals surface area contributed by atoms with Crippen molar-refractivity contribution in [3.63, 3.8) is 0 Å². The Morgan fingerprint density at radius 3 is 2.58 bits per heavy atom. The van der Waals surface area contributed by atoms with E-state index < -0.39 is 15.1 Å². The van der Waals surface area contributed by atoms with E-state index in [1.54, 1.807) is 0 Å². The predicted molar refractivity (Wildman–Crippen MR) is 76.4 cm³/mol. The summed E-state index contributed by atoms with van der Waals surface area (Å²) < 4.78 is 23.3. The second kappa shape index (κ2) is 7.24. The SMILES string of the molecule is CC(C)C[C@H](CN)CC(=O)NCC1CCCS1(=O)=O. The molecule has 0 aromatic heterocycles. The lowest BCUT2D eigenvalue weighted by atomic mass is 9.94. The van der Waals surface area contributed by atoms with Crippen LogP contribution in [0.4, 0.5) is 0 Å². The van der Waals surface area contributed by atoms with Gasteiger partial charge in [0.2, 0.25) is 5.91 Å². The quantitative estimate of drug-likeness (QED) is 0.722. The molecule has 1 heterocycles. The molecule has 0 bridgehead atoms. The normalized spacial score (nSPS) is 23.5. The van der Waals surface area contributed by atoms with Crippen molar-refractivity contribution in [1.29, 1.82) is 0 Å². The van der Waals surface area contributed by atoms with Gasteiger partial charge >= 0.3 is 0 Å². The summed E-state index contributed by atoms with van der Waals surface area (Å²) in [6, 6.07) is 0. The monoisotopic (exact) mass is 290 g/mol. The Bertz CT molecular complexity index is 393. The highest BCUT2D eigenvalue weighted by Gasteiger charge is 2.31. The maximum Gasteiger partial charge on any atom is 0.220 e. The second-order valence-electron chi connectivity index (χ2n) is 5.87. The highest BCUT2D eigenvalue weighted by molar-refractivity contribution is 7.92. The third-order valence-electron chi connectivity index (χ3n) is 3.60. The van der Waals surface area contributed by atoms with Crippen molar-refractivity contribution in [3.05, 3.63) is 0 Å². The molecule has 0 aromatic rings. The first-order chi connectivity index (χ1) is 8.85. The molecule has 1 saturated heterocycles. The van der Waals surface area contributed by atoms with Crippen LogP contribution >= 0.6 is 0 Å². The number of hydrogen-bond donors (Lipinski definition) is 2. The Hall–Kier alpha value is -0.620. The molecule has 1 fully saturated rings. The van der Waals surface area contributed by atoms with Crippen LogP contribution in [-0.2, 0) is 14.6 Å². The molecule has 1 aliphatic heterocycles. The van der Waals surface area contributed by atoms with Crippen molar-refractivity contribution >= 4 is 15.7 Å². The van der Waals surface area contributed by atoms with Crippen LogP contribution in [0.5, 0.6) is 0 Å². The Morgan fingerprint density at radius 1 is 1.42 bits per heavy atom. The van der Waals surface area contributed by atoms with Crippen LogP contribution in [-0.4, -0.2) is 38.4 Å². The van der Waals surface area contributed by atoms with E-state index in [9.17, 15) is 13.2 Å². The summed E-state index contributed by atoms with van der Waals surface area (Å²) in [6.07, 6.45) is 2.68. The topological polar surface area (TPSA) is 89.3 Å². The summed E-state index contributed by atoms with van der Waals surface area (Å²) in [5.74, 6) is 0.863. The predicted octanol–water partition coefficient (Wildman–Crippen LogP) is 0.691. The van der Waals surface area contributed by atoms with Crippen molar-refractivity contribution in [2.45, 2.75) is 44.8 Å². The maximum atomic E-state index is 11.8. The molecule has 0 aliphatic carbocycles. The molecular weight excluding hydrogens is 264 g/mol. The van der Waals surface area contributed by atoms with Gasteiger partial charge in [0.15, 0.2) is 9.84 Å². The van der Waals surface area contributed by atoms with Gasteiger partial charge in [-0.15, -0.1) is 0 Å². The fourth-order valence-electron chi connectivity index (χ4n) is 2.58. The number of sulfone groups is 1. The molecule has 1 aliphatic rings. The molecule has 2 atom stereocenters. The molecule has 112 valence electrons. The minimum Gasteiger partial charge on any atom is -0.355 e. The fourth-order valence-corrected chi connectivity index (χ4v) is 4.34.